The molecule has 1 heterocycles. The molecule has 0 unspecified atom stereocenters. The molecule has 0 saturated carbocycles. The fraction of sp³-hybridized carbons (Fsp3) is 0.533. The van der Waals surface area contributed by atoms with Crippen LogP contribution in [0, 0.1) is 5.92 Å². The normalized spacial score (nSPS) is 16.0. The average molecular weight is 278 g/mol. The molecule has 2 rings (SSSR count). The highest BCUT2D eigenvalue weighted by atomic mass is 16.5. The largest absolute Gasteiger partial charge is 0.497 e. The second-order valence-corrected chi connectivity index (χ2v) is 4.94. The van der Waals surface area contributed by atoms with E-state index in [1.165, 1.54) is 0 Å². The number of methoxy groups -OCH3 is 1. The fourth-order valence-electron chi connectivity index (χ4n) is 2.54. The van der Waals surface area contributed by atoms with Gasteiger partial charge in [-0.15, -0.1) is 0 Å². The van der Waals surface area contributed by atoms with Crippen LogP contribution in [0.15, 0.2) is 18.2 Å². The van der Waals surface area contributed by atoms with Gasteiger partial charge in [0.2, 0.25) is 0 Å². The number of rotatable bonds is 4. The van der Waals surface area contributed by atoms with Crippen molar-refractivity contribution in [1.82, 2.24) is 0 Å². The minimum absolute atomic E-state index is 0.0121. The summed E-state index contributed by atoms with van der Waals surface area (Å²) < 4.78 is 10.3. The molecule has 1 aliphatic rings. The number of ether oxygens (including phenoxy) is 2. The van der Waals surface area contributed by atoms with E-state index >= 15 is 0 Å². The zero-order chi connectivity index (χ0) is 14.5. The molecule has 0 amide bonds. The van der Waals surface area contributed by atoms with E-state index in [1.54, 1.807) is 7.11 Å². The molecule has 1 fully saturated rings. The minimum atomic E-state index is -0.0780. The van der Waals surface area contributed by atoms with Crippen LogP contribution >= 0.6 is 0 Å². The van der Waals surface area contributed by atoms with Crippen molar-refractivity contribution in [3.63, 3.8) is 0 Å². The summed E-state index contributed by atoms with van der Waals surface area (Å²) in [5.41, 5.74) is 7.74. The van der Waals surface area contributed by atoms with Gasteiger partial charge in [-0.05, 0) is 31.9 Å². The maximum Gasteiger partial charge on any atom is 0.309 e. The van der Waals surface area contributed by atoms with Gasteiger partial charge >= 0.3 is 5.97 Å². The van der Waals surface area contributed by atoms with Crippen molar-refractivity contribution >= 4 is 17.3 Å². The summed E-state index contributed by atoms with van der Waals surface area (Å²) >= 11 is 0. The molecule has 5 nitrogen and oxygen atoms in total. The van der Waals surface area contributed by atoms with Gasteiger partial charge in [-0.1, -0.05) is 0 Å². The first kappa shape index (κ1) is 14.5. The average Bonchev–Trinajstić information content (AvgIpc) is 2.48. The smallest absolute Gasteiger partial charge is 0.309 e. The predicted octanol–water partition coefficient (Wildman–Crippen LogP) is 2.06. The molecule has 2 N–H and O–H groups in total. The summed E-state index contributed by atoms with van der Waals surface area (Å²) in [5.74, 6) is 0.727. The number of carbonyl (C=O) groups is 1. The van der Waals surface area contributed by atoms with Crippen LogP contribution < -0.4 is 15.4 Å². The first-order chi connectivity index (χ1) is 9.65. The minimum Gasteiger partial charge on any atom is -0.497 e. The quantitative estimate of drug-likeness (QED) is 0.674. The van der Waals surface area contributed by atoms with E-state index < -0.39 is 0 Å². The summed E-state index contributed by atoms with van der Waals surface area (Å²) in [6.45, 7) is 3.90. The molecule has 1 saturated heterocycles. The molecule has 0 aliphatic carbocycles. The third kappa shape index (κ3) is 3.15. The Kier molecular flexibility index (Phi) is 4.71. The van der Waals surface area contributed by atoms with Crippen LogP contribution in [0.5, 0.6) is 5.75 Å². The second kappa shape index (κ2) is 6.50. The lowest BCUT2D eigenvalue weighted by Crippen LogP contribution is -2.37. The molecule has 110 valence electrons. The number of nitrogens with zero attached hydrogens (tertiary/aromatic N) is 1. The molecule has 1 aliphatic heterocycles. The Balaban J connectivity index is 2.02. The van der Waals surface area contributed by atoms with Gasteiger partial charge < -0.3 is 20.1 Å². The van der Waals surface area contributed by atoms with Gasteiger partial charge in [-0.3, -0.25) is 4.79 Å². The monoisotopic (exact) mass is 278 g/mol. The van der Waals surface area contributed by atoms with Crippen LogP contribution in [0.3, 0.4) is 0 Å². The van der Waals surface area contributed by atoms with Gasteiger partial charge in [0.05, 0.1) is 31.0 Å². The Morgan fingerprint density at radius 1 is 1.40 bits per heavy atom. The lowest BCUT2D eigenvalue weighted by atomic mass is 9.96. The molecule has 0 atom stereocenters. The van der Waals surface area contributed by atoms with E-state index in [4.69, 9.17) is 15.2 Å². The van der Waals surface area contributed by atoms with Crippen molar-refractivity contribution < 1.29 is 14.3 Å². The van der Waals surface area contributed by atoms with E-state index in [9.17, 15) is 4.79 Å². The summed E-state index contributed by atoms with van der Waals surface area (Å²) in [5, 5.41) is 0. The molecule has 1 aromatic carbocycles. The number of esters is 1. The standard InChI is InChI=1S/C15H22N2O3/c1-3-20-15(18)11-6-8-17(9-7-11)14-10-12(19-2)4-5-13(14)16/h4-5,10-11H,3,6-9,16H2,1-2H3. The van der Waals surface area contributed by atoms with Gasteiger partial charge in [0.25, 0.3) is 0 Å². The number of benzene rings is 1. The lowest BCUT2D eigenvalue weighted by Gasteiger charge is -2.33. The van der Waals surface area contributed by atoms with Gasteiger partial charge in [-0.25, -0.2) is 0 Å². The van der Waals surface area contributed by atoms with Gasteiger partial charge in [-0.2, -0.15) is 0 Å². The maximum absolute atomic E-state index is 11.7. The number of nitrogens with two attached hydrogens (primary N) is 1. The van der Waals surface area contributed by atoms with Crippen molar-refractivity contribution in [2.75, 3.05) is 37.4 Å². The molecule has 0 bridgehead atoms. The van der Waals surface area contributed by atoms with E-state index in [2.05, 4.69) is 4.90 Å². The number of nitrogen functional groups attached to an aromatic ring is 1. The Morgan fingerprint density at radius 3 is 2.70 bits per heavy atom. The van der Waals surface area contributed by atoms with E-state index in [0.29, 0.717) is 6.61 Å². The first-order valence-corrected chi connectivity index (χ1v) is 7.00. The SMILES string of the molecule is CCOC(=O)C1CCN(c2cc(OC)ccc2N)CC1. The third-order valence-electron chi connectivity index (χ3n) is 3.69. The Hall–Kier alpha value is -1.91. The predicted molar refractivity (Wildman–Crippen MR) is 79.0 cm³/mol. The Morgan fingerprint density at radius 2 is 2.10 bits per heavy atom. The highest BCUT2D eigenvalue weighted by Gasteiger charge is 2.26. The van der Waals surface area contributed by atoms with Crippen LogP contribution in [0.2, 0.25) is 0 Å². The Labute approximate surface area is 119 Å². The summed E-state index contributed by atoms with van der Waals surface area (Å²) in [7, 11) is 1.64. The van der Waals surface area contributed by atoms with Crippen LogP contribution in [-0.2, 0) is 9.53 Å². The van der Waals surface area contributed by atoms with Crippen molar-refractivity contribution in [2.45, 2.75) is 19.8 Å². The topological polar surface area (TPSA) is 64.8 Å². The van der Waals surface area contributed by atoms with E-state index in [-0.39, 0.29) is 11.9 Å². The zero-order valence-corrected chi connectivity index (χ0v) is 12.1. The van der Waals surface area contributed by atoms with Crippen molar-refractivity contribution in [2.24, 2.45) is 5.92 Å². The van der Waals surface area contributed by atoms with Crippen LogP contribution in [0.4, 0.5) is 11.4 Å². The molecule has 0 aromatic heterocycles. The lowest BCUT2D eigenvalue weighted by molar-refractivity contribution is -0.148. The fourth-order valence-corrected chi connectivity index (χ4v) is 2.54. The number of carbonyl (C=O) groups excluding carboxylic acids is 1. The Bertz CT molecular complexity index is 468. The summed E-state index contributed by atoms with van der Waals surface area (Å²) in [6, 6.07) is 5.65. The van der Waals surface area contributed by atoms with E-state index in [0.717, 1.165) is 43.1 Å². The molecule has 1 aromatic rings. The van der Waals surface area contributed by atoms with Crippen molar-refractivity contribution in [1.29, 1.82) is 0 Å². The molecule has 20 heavy (non-hydrogen) atoms. The van der Waals surface area contributed by atoms with Gasteiger partial charge in [0, 0.05) is 19.2 Å². The first-order valence-electron chi connectivity index (χ1n) is 7.00. The molecular weight excluding hydrogens is 256 g/mol. The molecular formula is C15H22N2O3. The van der Waals surface area contributed by atoms with Crippen LogP contribution in [0.1, 0.15) is 19.8 Å². The zero-order valence-electron chi connectivity index (χ0n) is 12.1. The third-order valence-corrected chi connectivity index (χ3v) is 3.69. The highest BCUT2D eigenvalue weighted by molar-refractivity contribution is 5.74. The number of hydrogen-bond donors (Lipinski definition) is 1. The van der Waals surface area contributed by atoms with Crippen LogP contribution in [-0.4, -0.2) is 32.8 Å². The van der Waals surface area contributed by atoms with Gasteiger partial charge in [0.15, 0.2) is 0 Å². The molecule has 0 radical (unpaired) electrons. The summed E-state index contributed by atoms with van der Waals surface area (Å²) in [6.07, 6.45) is 1.60. The van der Waals surface area contributed by atoms with Crippen LogP contribution in [0.25, 0.3) is 0 Å². The second-order valence-electron chi connectivity index (χ2n) is 4.94. The number of hydrogen-bond acceptors (Lipinski definition) is 5. The highest BCUT2D eigenvalue weighted by Crippen LogP contribution is 2.31. The number of piperidine rings is 1. The van der Waals surface area contributed by atoms with Gasteiger partial charge in [0.1, 0.15) is 5.75 Å². The summed E-state index contributed by atoms with van der Waals surface area (Å²) in [4.78, 5) is 13.9. The van der Waals surface area contributed by atoms with Crippen molar-refractivity contribution in [3.05, 3.63) is 18.2 Å². The van der Waals surface area contributed by atoms with E-state index in [1.807, 2.05) is 25.1 Å². The number of anilines is 2. The molecule has 5 heteroatoms. The molecule has 0 spiro atoms. The van der Waals surface area contributed by atoms with Crippen molar-refractivity contribution in [3.8, 4) is 5.75 Å². The maximum atomic E-state index is 11.7.